The summed E-state index contributed by atoms with van der Waals surface area (Å²) in [6, 6.07) is 9.92. The van der Waals surface area contributed by atoms with Crippen LogP contribution < -0.4 is 10.1 Å². The Morgan fingerprint density at radius 2 is 2.11 bits per heavy atom. The maximum Gasteiger partial charge on any atom is 0.119 e. The zero-order chi connectivity index (χ0) is 12.6. The number of hydrogen-bond acceptors (Lipinski definition) is 4. The van der Waals surface area contributed by atoms with Gasteiger partial charge in [0, 0.05) is 11.4 Å². The van der Waals surface area contributed by atoms with Crippen molar-refractivity contribution in [2.75, 3.05) is 13.2 Å². The SMILES string of the molecule is Cc1ncsc1CNCCCOc1ccccc1. The fourth-order valence-corrected chi connectivity index (χ4v) is 2.35. The number of benzene rings is 1. The highest BCUT2D eigenvalue weighted by Crippen LogP contribution is 2.11. The summed E-state index contributed by atoms with van der Waals surface area (Å²) in [6.07, 6.45) is 1.01. The number of hydrogen-bond donors (Lipinski definition) is 1. The number of ether oxygens (including phenoxy) is 1. The molecule has 0 radical (unpaired) electrons. The van der Waals surface area contributed by atoms with Gasteiger partial charge in [-0.05, 0) is 32.0 Å². The van der Waals surface area contributed by atoms with E-state index >= 15 is 0 Å². The summed E-state index contributed by atoms with van der Waals surface area (Å²) in [7, 11) is 0. The van der Waals surface area contributed by atoms with E-state index in [1.807, 2.05) is 42.8 Å². The van der Waals surface area contributed by atoms with E-state index in [-0.39, 0.29) is 0 Å². The van der Waals surface area contributed by atoms with Crippen molar-refractivity contribution in [3.05, 3.63) is 46.4 Å². The lowest BCUT2D eigenvalue weighted by molar-refractivity contribution is 0.308. The van der Waals surface area contributed by atoms with Crippen LogP contribution in [0.3, 0.4) is 0 Å². The van der Waals surface area contributed by atoms with Gasteiger partial charge in [0.2, 0.25) is 0 Å². The Kier molecular flexibility index (Phi) is 5.17. The van der Waals surface area contributed by atoms with Crippen molar-refractivity contribution in [3.8, 4) is 5.75 Å². The molecule has 3 nitrogen and oxygen atoms in total. The second kappa shape index (κ2) is 7.13. The van der Waals surface area contributed by atoms with Gasteiger partial charge in [-0.15, -0.1) is 11.3 Å². The Morgan fingerprint density at radius 3 is 2.83 bits per heavy atom. The van der Waals surface area contributed by atoms with Crippen LogP contribution in [0.4, 0.5) is 0 Å². The Bertz CT molecular complexity index is 456. The first-order valence-electron chi connectivity index (χ1n) is 6.14. The molecule has 1 N–H and O–H groups in total. The van der Waals surface area contributed by atoms with Gasteiger partial charge in [-0.1, -0.05) is 18.2 Å². The summed E-state index contributed by atoms with van der Waals surface area (Å²) in [6.45, 7) is 4.66. The Balaban J connectivity index is 1.56. The highest BCUT2D eigenvalue weighted by Gasteiger charge is 1.99. The molecule has 18 heavy (non-hydrogen) atoms. The van der Waals surface area contributed by atoms with Crippen LogP contribution in [0, 0.1) is 6.92 Å². The number of thiazole rings is 1. The molecule has 1 heterocycles. The maximum atomic E-state index is 5.62. The van der Waals surface area contributed by atoms with E-state index in [0.29, 0.717) is 0 Å². The first kappa shape index (κ1) is 13.1. The Hall–Kier alpha value is -1.39. The molecule has 1 aromatic carbocycles. The summed E-state index contributed by atoms with van der Waals surface area (Å²) in [5, 5.41) is 3.41. The largest absolute Gasteiger partial charge is 0.494 e. The van der Waals surface area contributed by atoms with E-state index in [2.05, 4.69) is 10.3 Å². The summed E-state index contributed by atoms with van der Waals surface area (Å²) in [5.41, 5.74) is 3.03. The van der Waals surface area contributed by atoms with Crippen molar-refractivity contribution in [3.63, 3.8) is 0 Å². The second-order valence-corrected chi connectivity index (χ2v) is 4.99. The van der Waals surface area contributed by atoms with Crippen LogP contribution in [-0.4, -0.2) is 18.1 Å². The lowest BCUT2D eigenvalue weighted by atomic mass is 10.3. The van der Waals surface area contributed by atoms with Crippen LogP contribution in [0.2, 0.25) is 0 Å². The van der Waals surface area contributed by atoms with Crippen LogP contribution in [0.25, 0.3) is 0 Å². The monoisotopic (exact) mass is 262 g/mol. The third kappa shape index (κ3) is 4.13. The van der Waals surface area contributed by atoms with Crippen molar-refractivity contribution in [1.29, 1.82) is 0 Å². The third-order valence-electron chi connectivity index (χ3n) is 2.64. The molecule has 0 unspecified atom stereocenters. The van der Waals surface area contributed by atoms with Crippen molar-refractivity contribution in [2.45, 2.75) is 19.9 Å². The molecule has 2 rings (SSSR count). The number of rotatable bonds is 7. The van der Waals surface area contributed by atoms with E-state index in [1.54, 1.807) is 11.3 Å². The predicted molar refractivity (Wildman–Crippen MR) is 75.1 cm³/mol. The molecule has 0 saturated heterocycles. The molecule has 0 atom stereocenters. The van der Waals surface area contributed by atoms with Crippen LogP contribution in [0.5, 0.6) is 5.75 Å². The fraction of sp³-hybridized carbons (Fsp3) is 0.357. The quantitative estimate of drug-likeness (QED) is 0.779. The molecule has 0 fully saturated rings. The predicted octanol–water partition coefficient (Wildman–Crippen LogP) is 3.01. The zero-order valence-corrected chi connectivity index (χ0v) is 11.4. The van der Waals surface area contributed by atoms with Gasteiger partial charge in [-0.2, -0.15) is 0 Å². The number of aryl methyl sites for hydroxylation is 1. The van der Waals surface area contributed by atoms with Crippen molar-refractivity contribution in [1.82, 2.24) is 10.3 Å². The highest BCUT2D eigenvalue weighted by atomic mass is 32.1. The Morgan fingerprint density at radius 1 is 1.28 bits per heavy atom. The molecule has 1 aromatic heterocycles. The standard InChI is InChI=1S/C14H18N2OS/c1-12-14(18-11-16-12)10-15-8-5-9-17-13-6-3-2-4-7-13/h2-4,6-7,11,15H,5,8-10H2,1H3. The molecule has 96 valence electrons. The molecule has 0 aliphatic rings. The van der Waals surface area contributed by atoms with Crippen molar-refractivity contribution in [2.24, 2.45) is 0 Å². The topological polar surface area (TPSA) is 34.2 Å². The van der Waals surface area contributed by atoms with Crippen LogP contribution in [0.15, 0.2) is 35.8 Å². The van der Waals surface area contributed by atoms with Gasteiger partial charge in [-0.25, -0.2) is 4.98 Å². The molecule has 0 spiro atoms. The molecular weight excluding hydrogens is 244 g/mol. The van der Waals surface area contributed by atoms with Crippen LogP contribution in [-0.2, 0) is 6.54 Å². The van der Waals surface area contributed by atoms with Crippen molar-refractivity contribution >= 4 is 11.3 Å². The first-order valence-corrected chi connectivity index (χ1v) is 7.02. The Labute approximate surface area is 112 Å². The minimum absolute atomic E-state index is 0.749. The van der Waals surface area contributed by atoms with Gasteiger partial charge in [0.25, 0.3) is 0 Å². The first-order chi connectivity index (χ1) is 8.86. The third-order valence-corrected chi connectivity index (χ3v) is 3.58. The van der Waals surface area contributed by atoms with E-state index < -0.39 is 0 Å². The lowest BCUT2D eigenvalue weighted by Gasteiger charge is -2.06. The maximum absolute atomic E-state index is 5.62. The smallest absolute Gasteiger partial charge is 0.119 e. The lowest BCUT2D eigenvalue weighted by Crippen LogP contribution is -2.16. The summed E-state index contributed by atoms with van der Waals surface area (Å²) < 4.78 is 5.62. The average Bonchev–Trinajstić information content (AvgIpc) is 2.81. The molecular formula is C14H18N2OS. The molecule has 0 bridgehead atoms. The van der Waals surface area contributed by atoms with Gasteiger partial charge < -0.3 is 10.1 Å². The van der Waals surface area contributed by atoms with E-state index in [9.17, 15) is 0 Å². The zero-order valence-electron chi connectivity index (χ0n) is 10.6. The van der Waals surface area contributed by atoms with E-state index in [1.165, 1.54) is 4.88 Å². The number of aromatic nitrogens is 1. The summed E-state index contributed by atoms with van der Waals surface area (Å²) >= 11 is 1.71. The van der Waals surface area contributed by atoms with E-state index in [4.69, 9.17) is 4.74 Å². The molecule has 0 amide bonds. The molecule has 0 aliphatic carbocycles. The molecule has 0 aliphatic heterocycles. The molecule has 2 aromatic rings. The van der Waals surface area contributed by atoms with Crippen LogP contribution >= 0.6 is 11.3 Å². The van der Waals surface area contributed by atoms with Gasteiger partial charge in [0.15, 0.2) is 0 Å². The summed E-state index contributed by atoms with van der Waals surface area (Å²) in [5.74, 6) is 0.941. The number of nitrogens with zero attached hydrogens (tertiary/aromatic N) is 1. The highest BCUT2D eigenvalue weighted by molar-refractivity contribution is 7.09. The van der Waals surface area contributed by atoms with Gasteiger partial charge in [-0.3, -0.25) is 0 Å². The van der Waals surface area contributed by atoms with Gasteiger partial charge in [0.1, 0.15) is 5.75 Å². The average molecular weight is 262 g/mol. The van der Waals surface area contributed by atoms with Crippen LogP contribution in [0.1, 0.15) is 17.0 Å². The minimum Gasteiger partial charge on any atom is -0.494 e. The number of nitrogens with one attached hydrogen (secondary N) is 1. The number of para-hydroxylation sites is 1. The van der Waals surface area contributed by atoms with Crippen molar-refractivity contribution < 1.29 is 4.74 Å². The second-order valence-electron chi connectivity index (χ2n) is 4.05. The van der Waals surface area contributed by atoms with E-state index in [0.717, 1.165) is 37.6 Å². The molecule has 4 heteroatoms. The fourth-order valence-electron chi connectivity index (χ4n) is 1.60. The summed E-state index contributed by atoms with van der Waals surface area (Å²) in [4.78, 5) is 5.54. The van der Waals surface area contributed by atoms with Gasteiger partial charge >= 0.3 is 0 Å². The minimum atomic E-state index is 0.749. The molecule has 0 saturated carbocycles. The normalized spacial score (nSPS) is 10.5. The van der Waals surface area contributed by atoms with Gasteiger partial charge in [0.05, 0.1) is 17.8 Å².